The first kappa shape index (κ1) is 35.5. The van der Waals surface area contributed by atoms with Gasteiger partial charge in [0, 0.05) is 43.7 Å². The third kappa shape index (κ3) is 12.7. The van der Waals surface area contributed by atoms with Crippen molar-refractivity contribution < 1.29 is 45.8 Å². The molecule has 0 bridgehead atoms. The van der Waals surface area contributed by atoms with Gasteiger partial charge in [0.1, 0.15) is 11.1 Å². The molecular weight excluding hydrogens is 582 g/mol. The minimum atomic E-state index is -4.16. The molecule has 0 aromatic heterocycles. The number of carbonyl (C=O) groups is 4. The molecular formula is C24H35N5O10S2. The van der Waals surface area contributed by atoms with E-state index in [2.05, 4.69) is 29.3 Å². The van der Waals surface area contributed by atoms with Crippen molar-refractivity contribution in [3.8, 4) is 0 Å². The van der Waals surface area contributed by atoms with Crippen LogP contribution in [0.25, 0.3) is 0 Å². The standard InChI is InChI=1S/C23H31N5O6S.CH4O4S/c1-14-19(22(32)26-13-11-18(30)34-4)35-23(28(14)2)27-21(31)16-9-7-15(8-10-16)20(24)25-12-5-6-17(29)33-3;1-5-6(2,3)4/h7-10,14,19H,5-6,11-13H2,1-4H3,(H2,24,25)(H,26,32);1H3,(H,2,3,4). The van der Waals surface area contributed by atoms with Crippen LogP contribution in [-0.2, 0) is 38.4 Å². The highest BCUT2D eigenvalue weighted by Gasteiger charge is 2.39. The molecule has 1 aliphatic rings. The predicted molar refractivity (Wildman–Crippen MR) is 151 cm³/mol. The van der Waals surface area contributed by atoms with Crippen LogP contribution in [0.1, 0.15) is 42.1 Å². The van der Waals surface area contributed by atoms with Crippen molar-refractivity contribution in [1.82, 2.24) is 15.5 Å². The predicted octanol–water partition coefficient (Wildman–Crippen LogP) is 0.602. The van der Waals surface area contributed by atoms with Gasteiger partial charge >= 0.3 is 22.3 Å². The van der Waals surface area contributed by atoms with Crippen molar-refractivity contribution >= 4 is 56.9 Å². The minimum Gasteiger partial charge on any atom is -0.469 e. The van der Waals surface area contributed by atoms with E-state index in [1.54, 1.807) is 36.2 Å². The lowest BCUT2D eigenvalue weighted by Crippen LogP contribution is -2.41. The molecule has 1 aliphatic heterocycles. The van der Waals surface area contributed by atoms with Gasteiger partial charge in [-0.2, -0.15) is 13.4 Å². The third-order valence-electron chi connectivity index (χ3n) is 5.61. The van der Waals surface area contributed by atoms with Crippen molar-refractivity contribution in [3.63, 3.8) is 0 Å². The first-order valence-corrected chi connectivity index (χ1v) is 14.4. The SMILES string of the molecule is COC(=O)CCCNC(=N)c1ccc(C(=O)N=C2SC(C(=O)NCCC(=O)OC)C(C)N2C)cc1.COS(=O)(=O)O. The van der Waals surface area contributed by atoms with Crippen molar-refractivity contribution in [1.29, 1.82) is 5.41 Å². The average Bonchev–Trinajstić information content (AvgIpc) is 3.23. The van der Waals surface area contributed by atoms with Crippen LogP contribution in [0.4, 0.5) is 0 Å². The molecule has 1 saturated heterocycles. The maximum Gasteiger partial charge on any atom is 0.397 e. The Balaban J connectivity index is 0.00000126. The monoisotopic (exact) mass is 617 g/mol. The fourth-order valence-electron chi connectivity index (χ4n) is 3.12. The summed E-state index contributed by atoms with van der Waals surface area (Å²) in [5.74, 6) is -1.21. The lowest BCUT2D eigenvalue weighted by Gasteiger charge is -2.19. The number of amides is 2. The number of rotatable bonds is 11. The maximum absolute atomic E-state index is 12.7. The number of hydrogen-bond donors (Lipinski definition) is 4. The highest BCUT2D eigenvalue weighted by Crippen LogP contribution is 2.31. The van der Waals surface area contributed by atoms with E-state index in [1.165, 1.54) is 26.0 Å². The summed E-state index contributed by atoms with van der Waals surface area (Å²) in [4.78, 5) is 53.5. The molecule has 0 saturated carbocycles. The van der Waals surface area contributed by atoms with Gasteiger partial charge < -0.3 is 25.0 Å². The molecule has 228 valence electrons. The Labute approximate surface area is 242 Å². The normalized spacial score (nSPS) is 17.2. The molecule has 1 aromatic carbocycles. The molecule has 0 radical (unpaired) electrons. The summed E-state index contributed by atoms with van der Waals surface area (Å²) in [5, 5.41) is 13.7. The number of thioether (sulfide) groups is 1. The van der Waals surface area contributed by atoms with Gasteiger partial charge in [-0.15, -0.1) is 0 Å². The van der Waals surface area contributed by atoms with E-state index in [4.69, 9.17) is 9.96 Å². The molecule has 17 heteroatoms. The van der Waals surface area contributed by atoms with Crippen LogP contribution in [-0.4, -0.2) is 105 Å². The van der Waals surface area contributed by atoms with Gasteiger partial charge in [0.2, 0.25) is 5.91 Å². The van der Waals surface area contributed by atoms with Crippen LogP contribution in [0.3, 0.4) is 0 Å². The smallest absolute Gasteiger partial charge is 0.397 e. The van der Waals surface area contributed by atoms with Crippen molar-refractivity contribution in [2.75, 3.05) is 41.5 Å². The fourth-order valence-corrected chi connectivity index (χ4v) is 4.39. The Hall–Kier alpha value is -3.54. The van der Waals surface area contributed by atoms with Crippen molar-refractivity contribution in [3.05, 3.63) is 35.4 Å². The molecule has 0 aliphatic carbocycles. The summed E-state index contributed by atoms with van der Waals surface area (Å²) < 4.78 is 38.8. The van der Waals surface area contributed by atoms with E-state index >= 15 is 0 Å². The largest absolute Gasteiger partial charge is 0.469 e. The molecule has 15 nitrogen and oxygen atoms in total. The van der Waals surface area contributed by atoms with Crippen LogP contribution in [0.15, 0.2) is 29.3 Å². The van der Waals surface area contributed by atoms with E-state index in [0.717, 1.165) is 7.11 Å². The van der Waals surface area contributed by atoms with Gasteiger partial charge in [-0.25, -0.2) is 0 Å². The number of aliphatic imine (C=N–C) groups is 1. The van der Waals surface area contributed by atoms with E-state index in [0.29, 0.717) is 29.3 Å². The number of nitrogens with zero attached hydrogens (tertiary/aromatic N) is 2. The quantitative estimate of drug-likeness (QED) is 0.0881. The second-order valence-electron chi connectivity index (χ2n) is 8.36. The summed E-state index contributed by atoms with van der Waals surface area (Å²) in [7, 11) is 1.10. The topological polar surface area (TPSA) is 214 Å². The van der Waals surface area contributed by atoms with E-state index in [-0.39, 0.29) is 43.1 Å². The molecule has 1 fully saturated rings. The van der Waals surface area contributed by atoms with Crippen LogP contribution >= 0.6 is 11.8 Å². The second kappa shape index (κ2) is 17.3. The van der Waals surface area contributed by atoms with Crippen molar-refractivity contribution in [2.24, 2.45) is 4.99 Å². The zero-order valence-corrected chi connectivity index (χ0v) is 25.0. The molecule has 2 unspecified atom stereocenters. The summed E-state index contributed by atoms with van der Waals surface area (Å²) in [6.07, 6.45) is 0.891. The Morgan fingerprint density at radius 2 is 1.54 bits per heavy atom. The number of methoxy groups -OCH3 is 2. The Morgan fingerprint density at radius 3 is 2.07 bits per heavy atom. The number of esters is 2. The van der Waals surface area contributed by atoms with Crippen LogP contribution < -0.4 is 10.6 Å². The van der Waals surface area contributed by atoms with E-state index in [1.807, 2.05) is 6.92 Å². The average molecular weight is 618 g/mol. The molecule has 2 amide bonds. The summed E-state index contributed by atoms with van der Waals surface area (Å²) in [5.41, 5.74) is 0.948. The van der Waals surface area contributed by atoms with Gasteiger partial charge in [0.25, 0.3) is 5.91 Å². The Morgan fingerprint density at radius 1 is 1.00 bits per heavy atom. The third-order valence-corrected chi connectivity index (χ3v) is 7.49. The number of nitrogens with one attached hydrogen (secondary N) is 3. The van der Waals surface area contributed by atoms with Gasteiger partial charge in [-0.1, -0.05) is 23.9 Å². The Kier molecular flexibility index (Phi) is 15.0. The highest BCUT2D eigenvalue weighted by molar-refractivity contribution is 8.15. The summed E-state index contributed by atoms with van der Waals surface area (Å²) in [6.45, 7) is 2.48. The van der Waals surface area contributed by atoms with Crippen LogP contribution in [0.2, 0.25) is 0 Å². The van der Waals surface area contributed by atoms with Gasteiger partial charge in [0.15, 0.2) is 5.17 Å². The van der Waals surface area contributed by atoms with Crippen LogP contribution in [0, 0.1) is 5.41 Å². The highest BCUT2D eigenvalue weighted by atomic mass is 32.3. The number of benzene rings is 1. The lowest BCUT2D eigenvalue weighted by atomic mass is 10.1. The second-order valence-corrected chi connectivity index (χ2v) is 10.7. The molecule has 41 heavy (non-hydrogen) atoms. The first-order valence-electron chi connectivity index (χ1n) is 12.1. The van der Waals surface area contributed by atoms with E-state index in [9.17, 15) is 27.6 Å². The lowest BCUT2D eigenvalue weighted by molar-refractivity contribution is -0.141. The molecule has 0 spiro atoms. The summed E-state index contributed by atoms with van der Waals surface area (Å²) in [6, 6.07) is 6.28. The van der Waals surface area contributed by atoms with Crippen LogP contribution in [0.5, 0.6) is 0 Å². The number of ether oxygens (including phenoxy) is 2. The minimum absolute atomic E-state index is 0.0831. The maximum atomic E-state index is 12.7. The molecule has 2 atom stereocenters. The van der Waals surface area contributed by atoms with E-state index < -0.39 is 27.5 Å². The molecule has 2 rings (SSSR count). The fraction of sp³-hybridized carbons (Fsp3) is 0.500. The molecule has 4 N–H and O–H groups in total. The Bertz CT molecular complexity index is 1220. The van der Waals surface area contributed by atoms with Gasteiger partial charge in [0.05, 0.1) is 27.8 Å². The zero-order valence-electron chi connectivity index (χ0n) is 23.3. The number of amidine groups is 2. The zero-order chi connectivity index (χ0) is 31.2. The summed E-state index contributed by atoms with van der Waals surface area (Å²) >= 11 is 1.20. The van der Waals surface area contributed by atoms with Crippen molar-refractivity contribution in [2.45, 2.75) is 37.5 Å². The van der Waals surface area contributed by atoms with Gasteiger partial charge in [-0.3, -0.25) is 33.3 Å². The number of hydrogen-bond acceptors (Lipinski definition) is 11. The number of carbonyl (C=O) groups excluding carboxylic acids is 4. The molecule has 1 heterocycles. The first-order chi connectivity index (χ1) is 19.2. The van der Waals surface area contributed by atoms with Gasteiger partial charge in [-0.05, 0) is 25.5 Å². The molecule has 1 aromatic rings.